The Balaban J connectivity index is 1.70. The Bertz CT molecular complexity index is 537. The van der Waals surface area contributed by atoms with Crippen LogP contribution in [0.5, 0.6) is 0 Å². The fourth-order valence-electron chi connectivity index (χ4n) is 2.44. The van der Waals surface area contributed by atoms with Crippen LogP contribution in [0.4, 0.5) is 0 Å². The number of hydrogen-bond donors (Lipinski definition) is 2. The van der Waals surface area contributed by atoms with Gasteiger partial charge >= 0.3 is 0 Å². The lowest BCUT2D eigenvalue weighted by atomic mass is 9.95. The van der Waals surface area contributed by atoms with E-state index >= 15 is 0 Å². The molecule has 1 saturated carbocycles. The van der Waals surface area contributed by atoms with E-state index in [0.717, 1.165) is 35.7 Å². The molecule has 1 aliphatic carbocycles. The van der Waals surface area contributed by atoms with Crippen LogP contribution in [-0.4, -0.2) is 24.1 Å². The Morgan fingerprint density at radius 2 is 1.82 bits per heavy atom. The Morgan fingerprint density at radius 1 is 1.14 bits per heavy atom. The topological polar surface area (TPSA) is 70.6 Å². The zero-order valence-corrected chi connectivity index (χ0v) is 13.9. The highest BCUT2D eigenvalue weighted by atomic mass is 79.9. The Morgan fingerprint density at radius 3 is 2.50 bits per heavy atom. The van der Waals surface area contributed by atoms with E-state index in [1.165, 1.54) is 6.42 Å². The van der Waals surface area contributed by atoms with E-state index in [1.807, 2.05) is 24.3 Å². The minimum absolute atomic E-state index is 0.186. The van der Waals surface area contributed by atoms with E-state index in [4.69, 9.17) is 0 Å². The monoisotopic (exact) mass is 365 g/mol. The summed E-state index contributed by atoms with van der Waals surface area (Å²) in [6.07, 6.45) is 6.91. The first kappa shape index (κ1) is 16.7. The molecular formula is C16H20BrN3O2. The molecule has 2 N–H and O–H groups in total. The highest BCUT2D eigenvalue weighted by Crippen LogP contribution is 2.17. The lowest BCUT2D eigenvalue weighted by Crippen LogP contribution is -2.38. The lowest BCUT2D eigenvalue weighted by Gasteiger charge is -2.22. The zero-order valence-electron chi connectivity index (χ0n) is 12.3. The first-order valence-electron chi connectivity index (χ1n) is 7.50. The molecule has 6 heteroatoms. The van der Waals surface area contributed by atoms with Gasteiger partial charge in [0, 0.05) is 10.5 Å². The van der Waals surface area contributed by atoms with Gasteiger partial charge in [-0.15, -0.1) is 0 Å². The molecule has 0 aromatic heterocycles. The van der Waals surface area contributed by atoms with Crippen molar-refractivity contribution in [2.45, 2.75) is 44.6 Å². The Kier molecular flexibility index (Phi) is 6.58. The number of nitrogens with zero attached hydrogens (tertiary/aromatic N) is 1. The van der Waals surface area contributed by atoms with Crippen molar-refractivity contribution in [2.24, 2.45) is 5.10 Å². The molecule has 0 bridgehead atoms. The Labute approximate surface area is 138 Å². The zero-order chi connectivity index (χ0) is 15.8. The summed E-state index contributed by atoms with van der Waals surface area (Å²) in [5.74, 6) is -0.634. The number of carbonyl (C=O) groups is 2. The number of hydrazone groups is 1. The Hall–Kier alpha value is -1.69. The number of benzene rings is 1. The first-order valence-corrected chi connectivity index (χ1v) is 8.29. The van der Waals surface area contributed by atoms with Gasteiger partial charge in [0.15, 0.2) is 0 Å². The minimum Gasteiger partial charge on any atom is -0.353 e. The van der Waals surface area contributed by atoms with E-state index in [2.05, 4.69) is 31.8 Å². The molecule has 118 valence electrons. The lowest BCUT2D eigenvalue weighted by molar-refractivity contribution is -0.129. The largest absolute Gasteiger partial charge is 0.353 e. The standard InChI is InChI=1S/C16H20BrN3O2/c17-13-8-6-12(7-9-13)11-18-20-16(22)10-15(21)19-14-4-2-1-3-5-14/h6-9,11,14H,1-5,10H2,(H,19,21)(H,20,22)/b18-11+. The SMILES string of the molecule is O=C(CC(=O)NC1CCCCC1)N/N=C/c1ccc(Br)cc1. The molecule has 0 heterocycles. The van der Waals surface area contributed by atoms with Gasteiger partial charge in [-0.1, -0.05) is 47.3 Å². The molecular weight excluding hydrogens is 346 g/mol. The van der Waals surface area contributed by atoms with Crippen molar-refractivity contribution in [1.29, 1.82) is 0 Å². The predicted molar refractivity (Wildman–Crippen MR) is 89.5 cm³/mol. The molecule has 1 aromatic carbocycles. The van der Waals surface area contributed by atoms with Crippen LogP contribution in [0.1, 0.15) is 44.1 Å². The summed E-state index contributed by atoms with van der Waals surface area (Å²) in [5, 5.41) is 6.76. The summed E-state index contributed by atoms with van der Waals surface area (Å²) < 4.78 is 0.980. The second kappa shape index (κ2) is 8.68. The summed E-state index contributed by atoms with van der Waals surface area (Å²) in [7, 11) is 0. The summed E-state index contributed by atoms with van der Waals surface area (Å²) in [4.78, 5) is 23.4. The van der Waals surface area contributed by atoms with E-state index in [0.29, 0.717) is 0 Å². The van der Waals surface area contributed by atoms with Gasteiger partial charge in [-0.05, 0) is 30.5 Å². The second-order valence-electron chi connectivity index (χ2n) is 5.42. The maximum absolute atomic E-state index is 11.8. The fourth-order valence-corrected chi connectivity index (χ4v) is 2.70. The average Bonchev–Trinajstić information content (AvgIpc) is 2.50. The van der Waals surface area contributed by atoms with Crippen molar-refractivity contribution in [3.05, 3.63) is 34.3 Å². The van der Waals surface area contributed by atoms with Crippen molar-refractivity contribution >= 4 is 34.0 Å². The van der Waals surface area contributed by atoms with Gasteiger partial charge < -0.3 is 5.32 Å². The molecule has 0 spiro atoms. The number of nitrogens with one attached hydrogen (secondary N) is 2. The second-order valence-corrected chi connectivity index (χ2v) is 6.34. The molecule has 0 saturated heterocycles. The van der Waals surface area contributed by atoms with Crippen molar-refractivity contribution < 1.29 is 9.59 Å². The van der Waals surface area contributed by atoms with Crippen LogP contribution in [-0.2, 0) is 9.59 Å². The normalized spacial score (nSPS) is 15.7. The van der Waals surface area contributed by atoms with Gasteiger partial charge in [0.2, 0.25) is 11.8 Å². The number of hydrogen-bond acceptors (Lipinski definition) is 3. The van der Waals surface area contributed by atoms with Gasteiger partial charge in [-0.2, -0.15) is 5.10 Å². The van der Waals surface area contributed by atoms with Gasteiger partial charge in [-0.25, -0.2) is 5.43 Å². The maximum Gasteiger partial charge on any atom is 0.249 e. The summed E-state index contributed by atoms with van der Waals surface area (Å²) in [5.41, 5.74) is 3.24. The number of rotatable bonds is 5. The van der Waals surface area contributed by atoms with Gasteiger partial charge in [0.05, 0.1) is 6.21 Å². The van der Waals surface area contributed by atoms with E-state index in [-0.39, 0.29) is 18.4 Å². The van der Waals surface area contributed by atoms with Crippen LogP contribution in [0.2, 0.25) is 0 Å². The van der Waals surface area contributed by atoms with Crippen LogP contribution < -0.4 is 10.7 Å². The molecule has 1 fully saturated rings. The maximum atomic E-state index is 11.8. The molecule has 0 unspecified atom stereocenters. The third-order valence-electron chi connectivity index (χ3n) is 3.56. The van der Waals surface area contributed by atoms with Crippen molar-refractivity contribution in [2.75, 3.05) is 0 Å². The minimum atomic E-state index is -0.401. The smallest absolute Gasteiger partial charge is 0.249 e. The van der Waals surface area contributed by atoms with Crippen LogP contribution in [0.3, 0.4) is 0 Å². The van der Waals surface area contributed by atoms with Crippen LogP contribution in [0.15, 0.2) is 33.8 Å². The third-order valence-corrected chi connectivity index (χ3v) is 4.09. The van der Waals surface area contributed by atoms with Gasteiger partial charge in [0.25, 0.3) is 0 Å². The van der Waals surface area contributed by atoms with E-state index in [1.54, 1.807) is 6.21 Å². The highest BCUT2D eigenvalue weighted by Gasteiger charge is 2.17. The van der Waals surface area contributed by atoms with Crippen LogP contribution >= 0.6 is 15.9 Å². The number of amides is 2. The molecule has 0 aliphatic heterocycles. The fraction of sp³-hybridized carbons (Fsp3) is 0.438. The molecule has 2 amide bonds. The molecule has 5 nitrogen and oxygen atoms in total. The van der Waals surface area contributed by atoms with Crippen LogP contribution in [0, 0.1) is 0 Å². The van der Waals surface area contributed by atoms with E-state index in [9.17, 15) is 9.59 Å². The quantitative estimate of drug-likeness (QED) is 0.478. The molecule has 0 radical (unpaired) electrons. The third kappa shape index (κ3) is 5.97. The van der Waals surface area contributed by atoms with Crippen molar-refractivity contribution in [3.8, 4) is 0 Å². The summed E-state index contributed by atoms with van der Waals surface area (Å²) >= 11 is 3.35. The number of carbonyl (C=O) groups excluding carboxylic acids is 2. The predicted octanol–water partition coefficient (Wildman–Crippen LogP) is 2.74. The van der Waals surface area contributed by atoms with Gasteiger partial charge in [-0.3, -0.25) is 9.59 Å². The van der Waals surface area contributed by atoms with Gasteiger partial charge in [0.1, 0.15) is 6.42 Å². The molecule has 1 aliphatic rings. The van der Waals surface area contributed by atoms with Crippen molar-refractivity contribution in [1.82, 2.24) is 10.7 Å². The summed E-state index contributed by atoms with van der Waals surface area (Å²) in [6.45, 7) is 0. The highest BCUT2D eigenvalue weighted by molar-refractivity contribution is 9.10. The number of halogens is 1. The molecule has 22 heavy (non-hydrogen) atoms. The summed E-state index contributed by atoms with van der Waals surface area (Å²) in [6, 6.07) is 7.74. The molecule has 0 atom stereocenters. The first-order chi connectivity index (χ1) is 10.6. The van der Waals surface area contributed by atoms with E-state index < -0.39 is 5.91 Å². The average molecular weight is 366 g/mol. The molecule has 1 aromatic rings. The van der Waals surface area contributed by atoms with Crippen molar-refractivity contribution in [3.63, 3.8) is 0 Å². The molecule has 2 rings (SSSR count). The van der Waals surface area contributed by atoms with Crippen LogP contribution in [0.25, 0.3) is 0 Å².